The molecule has 1 heterocycles. The lowest BCUT2D eigenvalue weighted by Gasteiger charge is -2.43. The van der Waals surface area contributed by atoms with Crippen LogP contribution < -0.4 is 11.1 Å². The molecular formula is C23H34N2O2. The number of carbonyl (C=O) groups excluding carboxylic acids is 1. The van der Waals surface area contributed by atoms with E-state index in [1.165, 1.54) is 30.4 Å². The van der Waals surface area contributed by atoms with E-state index in [0.29, 0.717) is 23.8 Å². The van der Waals surface area contributed by atoms with Crippen LogP contribution in [0.2, 0.25) is 0 Å². The molecule has 1 aromatic carbocycles. The van der Waals surface area contributed by atoms with Crippen molar-refractivity contribution >= 4 is 5.91 Å². The molecule has 3 N–H and O–H groups in total. The Labute approximate surface area is 163 Å². The molecule has 4 nitrogen and oxygen atoms in total. The van der Waals surface area contributed by atoms with Gasteiger partial charge in [0.2, 0.25) is 5.91 Å². The van der Waals surface area contributed by atoms with Gasteiger partial charge in [0.1, 0.15) is 0 Å². The largest absolute Gasteiger partial charge is 0.373 e. The second-order valence-corrected chi connectivity index (χ2v) is 9.05. The second-order valence-electron chi connectivity index (χ2n) is 9.05. The number of aryl methyl sites for hydroxylation is 1. The van der Waals surface area contributed by atoms with Gasteiger partial charge in [-0.3, -0.25) is 4.79 Å². The van der Waals surface area contributed by atoms with Gasteiger partial charge in [0.05, 0.1) is 6.10 Å². The van der Waals surface area contributed by atoms with Crippen molar-refractivity contribution in [1.82, 2.24) is 5.32 Å². The summed E-state index contributed by atoms with van der Waals surface area (Å²) in [6.45, 7) is 3.64. The smallest absolute Gasteiger partial charge is 0.223 e. The Morgan fingerprint density at radius 3 is 2.52 bits per heavy atom. The molecule has 4 heteroatoms. The van der Waals surface area contributed by atoms with Crippen LogP contribution in [0, 0.1) is 30.6 Å². The van der Waals surface area contributed by atoms with Gasteiger partial charge < -0.3 is 15.8 Å². The van der Waals surface area contributed by atoms with E-state index in [0.717, 1.165) is 38.8 Å². The number of amides is 1. The molecule has 0 radical (unpaired) electrons. The van der Waals surface area contributed by atoms with E-state index in [1.54, 1.807) is 0 Å². The molecule has 0 spiro atoms. The van der Waals surface area contributed by atoms with Crippen LogP contribution in [-0.4, -0.2) is 25.1 Å². The van der Waals surface area contributed by atoms with Crippen LogP contribution in [-0.2, 0) is 9.53 Å². The fourth-order valence-electron chi connectivity index (χ4n) is 5.56. The maximum Gasteiger partial charge on any atom is 0.223 e. The van der Waals surface area contributed by atoms with Gasteiger partial charge in [0, 0.05) is 31.0 Å². The lowest BCUT2D eigenvalue weighted by atomic mass is 9.65. The Morgan fingerprint density at radius 2 is 1.81 bits per heavy atom. The summed E-state index contributed by atoms with van der Waals surface area (Å²) in [5, 5.41) is 3.28. The summed E-state index contributed by atoms with van der Waals surface area (Å²) in [5.41, 5.74) is 8.88. The molecule has 2 saturated carbocycles. The normalized spacial score (nSPS) is 36.2. The van der Waals surface area contributed by atoms with Gasteiger partial charge in [-0.05, 0) is 62.8 Å². The molecule has 27 heavy (non-hydrogen) atoms. The fourth-order valence-corrected chi connectivity index (χ4v) is 5.56. The van der Waals surface area contributed by atoms with Crippen molar-refractivity contribution in [3.8, 4) is 0 Å². The Morgan fingerprint density at radius 1 is 1.11 bits per heavy atom. The highest BCUT2D eigenvalue weighted by molar-refractivity contribution is 5.78. The van der Waals surface area contributed by atoms with Crippen LogP contribution in [0.3, 0.4) is 0 Å². The summed E-state index contributed by atoms with van der Waals surface area (Å²) >= 11 is 0. The molecule has 3 aliphatic rings. The quantitative estimate of drug-likeness (QED) is 0.849. The van der Waals surface area contributed by atoms with Crippen LogP contribution in [0.1, 0.15) is 62.2 Å². The fraction of sp³-hybridized carbons (Fsp3) is 0.696. The van der Waals surface area contributed by atoms with Crippen molar-refractivity contribution in [1.29, 1.82) is 0 Å². The summed E-state index contributed by atoms with van der Waals surface area (Å²) in [4.78, 5) is 12.9. The number of benzene rings is 1. The minimum atomic E-state index is 0.0961. The number of nitrogens with one attached hydrogen (secondary N) is 1. The second kappa shape index (κ2) is 8.32. The van der Waals surface area contributed by atoms with Crippen molar-refractivity contribution in [2.24, 2.45) is 29.4 Å². The first-order valence-corrected chi connectivity index (χ1v) is 10.8. The average molecular weight is 371 g/mol. The molecule has 1 aromatic rings. The van der Waals surface area contributed by atoms with Crippen molar-refractivity contribution in [2.75, 3.05) is 13.2 Å². The van der Waals surface area contributed by atoms with Crippen LogP contribution in [0.4, 0.5) is 0 Å². The number of fused-ring (bicyclic) bond motifs is 2. The molecular weight excluding hydrogens is 336 g/mol. The van der Waals surface area contributed by atoms with E-state index < -0.39 is 0 Å². The lowest BCUT2D eigenvalue weighted by Crippen LogP contribution is -2.49. The third-order valence-corrected chi connectivity index (χ3v) is 7.17. The van der Waals surface area contributed by atoms with Crippen LogP contribution in [0.15, 0.2) is 24.3 Å². The Balaban J connectivity index is 1.35. The maximum absolute atomic E-state index is 12.9. The van der Waals surface area contributed by atoms with Gasteiger partial charge >= 0.3 is 0 Å². The first-order valence-electron chi connectivity index (χ1n) is 10.8. The zero-order chi connectivity index (χ0) is 18.8. The van der Waals surface area contributed by atoms with Crippen LogP contribution >= 0.6 is 0 Å². The van der Waals surface area contributed by atoms with Crippen molar-refractivity contribution in [3.05, 3.63) is 35.4 Å². The lowest BCUT2D eigenvalue weighted by molar-refractivity contribution is -0.128. The van der Waals surface area contributed by atoms with Gasteiger partial charge in [-0.15, -0.1) is 0 Å². The predicted octanol–water partition coefficient (Wildman–Crippen LogP) is 3.73. The maximum atomic E-state index is 12.9. The third-order valence-electron chi connectivity index (χ3n) is 7.17. The number of ether oxygens (including phenoxy) is 1. The summed E-state index contributed by atoms with van der Waals surface area (Å²) < 4.78 is 6.10. The van der Waals surface area contributed by atoms with Crippen LogP contribution in [0.5, 0.6) is 0 Å². The van der Waals surface area contributed by atoms with E-state index in [2.05, 4.69) is 36.5 Å². The number of hydrogen-bond acceptors (Lipinski definition) is 3. The molecule has 1 saturated heterocycles. The van der Waals surface area contributed by atoms with Gasteiger partial charge in [-0.25, -0.2) is 0 Å². The Bertz CT molecular complexity index is 630. The predicted molar refractivity (Wildman–Crippen MR) is 107 cm³/mol. The number of nitrogens with two attached hydrogens (primary N) is 1. The summed E-state index contributed by atoms with van der Waals surface area (Å²) in [6.07, 6.45) is 7.93. The third kappa shape index (κ3) is 4.22. The molecule has 2 aliphatic carbocycles. The first-order chi connectivity index (χ1) is 13.1. The topological polar surface area (TPSA) is 64.3 Å². The van der Waals surface area contributed by atoms with Gasteiger partial charge in [0.25, 0.3) is 0 Å². The molecule has 1 aliphatic heterocycles. The van der Waals surface area contributed by atoms with E-state index in [4.69, 9.17) is 10.5 Å². The van der Waals surface area contributed by atoms with E-state index in [-0.39, 0.29) is 17.9 Å². The number of hydrogen-bond donors (Lipinski definition) is 2. The Hall–Kier alpha value is -1.39. The molecule has 1 amide bonds. The molecule has 2 bridgehead atoms. The first kappa shape index (κ1) is 18.9. The molecule has 3 fully saturated rings. The molecule has 4 atom stereocenters. The average Bonchev–Trinajstić information content (AvgIpc) is 2.67. The van der Waals surface area contributed by atoms with E-state index >= 15 is 0 Å². The van der Waals surface area contributed by atoms with Gasteiger partial charge in [-0.2, -0.15) is 0 Å². The van der Waals surface area contributed by atoms with Crippen molar-refractivity contribution in [2.45, 2.75) is 64.0 Å². The number of rotatable bonds is 4. The standard InChI is InChI=1S/C23H34N2O2/c1-15-7-9-16(10-8-15)22-19(6-3-11-27-22)14-25-23(26)20-12-17-4-2-5-18(13-20)21(17)24/h7-10,17-22H,2-6,11-14,24H2,1H3,(H,25,26). The van der Waals surface area contributed by atoms with Gasteiger partial charge in [0.15, 0.2) is 0 Å². The van der Waals surface area contributed by atoms with E-state index in [9.17, 15) is 4.79 Å². The summed E-state index contributed by atoms with van der Waals surface area (Å²) in [6, 6.07) is 8.95. The zero-order valence-corrected chi connectivity index (χ0v) is 16.5. The molecule has 4 rings (SSSR count). The molecule has 4 unspecified atom stereocenters. The minimum Gasteiger partial charge on any atom is -0.373 e. The highest BCUT2D eigenvalue weighted by atomic mass is 16.5. The number of carbonyl (C=O) groups is 1. The zero-order valence-electron chi connectivity index (χ0n) is 16.5. The van der Waals surface area contributed by atoms with Crippen molar-refractivity contribution < 1.29 is 9.53 Å². The monoisotopic (exact) mass is 370 g/mol. The highest BCUT2D eigenvalue weighted by Gasteiger charge is 2.40. The minimum absolute atomic E-state index is 0.0961. The van der Waals surface area contributed by atoms with Crippen LogP contribution in [0.25, 0.3) is 0 Å². The molecule has 148 valence electrons. The summed E-state index contributed by atoms with van der Waals surface area (Å²) in [5.74, 6) is 1.85. The molecule has 0 aromatic heterocycles. The van der Waals surface area contributed by atoms with Crippen molar-refractivity contribution in [3.63, 3.8) is 0 Å². The SMILES string of the molecule is Cc1ccc(C2OCCCC2CNC(=O)C2CC3CCCC(C2)C3N)cc1. The van der Waals surface area contributed by atoms with Gasteiger partial charge in [-0.1, -0.05) is 36.2 Å². The Kier molecular flexibility index (Phi) is 5.84. The van der Waals surface area contributed by atoms with E-state index in [1.807, 2.05) is 0 Å². The summed E-state index contributed by atoms with van der Waals surface area (Å²) in [7, 11) is 0. The highest BCUT2D eigenvalue weighted by Crippen LogP contribution is 2.42.